The van der Waals surface area contributed by atoms with E-state index in [4.69, 9.17) is 4.74 Å². The largest absolute Gasteiger partial charge is 0.489 e. The van der Waals surface area contributed by atoms with Gasteiger partial charge in [0.05, 0.1) is 10.5 Å². The second-order valence-electron chi connectivity index (χ2n) is 5.10. The highest BCUT2D eigenvalue weighted by molar-refractivity contribution is 7.89. The van der Waals surface area contributed by atoms with Gasteiger partial charge >= 0.3 is 6.18 Å². The summed E-state index contributed by atoms with van der Waals surface area (Å²) in [5.74, 6) is -0.681. The third kappa shape index (κ3) is 4.49. The van der Waals surface area contributed by atoms with Crippen molar-refractivity contribution in [3.05, 3.63) is 59.9 Å². The van der Waals surface area contributed by atoms with Crippen LogP contribution in [0.4, 0.5) is 17.6 Å². The molecule has 0 spiro atoms. The first kappa shape index (κ1) is 19.2. The third-order valence-corrected chi connectivity index (χ3v) is 5.30. The fourth-order valence-electron chi connectivity index (χ4n) is 2.06. The number of rotatable bonds is 6. The van der Waals surface area contributed by atoms with Crippen LogP contribution in [-0.2, 0) is 16.2 Å². The average Bonchev–Trinajstić information content (AvgIpc) is 2.55. The predicted octanol–water partition coefficient (Wildman–Crippen LogP) is 3.54. The van der Waals surface area contributed by atoms with Gasteiger partial charge < -0.3 is 4.74 Å². The monoisotopic (exact) mass is 377 g/mol. The van der Waals surface area contributed by atoms with Crippen molar-refractivity contribution < 1.29 is 30.7 Å². The first-order chi connectivity index (χ1) is 11.6. The Kier molecular flexibility index (Phi) is 5.69. The molecule has 0 radical (unpaired) electrons. The van der Waals surface area contributed by atoms with Crippen LogP contribution in [-0.4, -0.2) is 32.9 Å². The van der Waals surface area contributed by atoms with Gasteiger partial charge in [0.25, 0.3) is 0 Å². The number of likely N-dealkylation sites (N-methyl/N-ethyl adjacent to an activating group) is 1. The number of hydrogen-bond acceptors (Lipinski definition) is 3. The molecule has 0 saturated heterocycles. The highest BCUT2D eigenvalue weighted by Crippen LogP contribution is 2.34. The van der Waals surface area contributed by atoms with Gasteiger partial charge in [0.1, 0.15) is 6.61 Å². The van der Waals surface area contributed by atoms with Crippen LogP contribution < -0.4 is 4.74 Å². The van der Waals surface area contributed by atoms with E-state index in [-0.39, 0.29) is 18.9 Å². The van der Waals surface area contributed by atoms with E-state index in [9.17, 15) is 26.0 Å². The smallest absolute Gasteiger partial charge is 0.417 e. The van der Waals surface area contributed by atoms with E-state index in [1.165, 1.54) is 24.3 Å². The van der Waals surface area contributed by atoms with E-state index in [0.717, 1.165) is 23.5 Å². The number of sulfonamides is 1. The number of alkyl halides is 3. The van der Waals surface area contributed by atoms with Crippen LogP contribution in [0.5, 0.6) is 5.75 Å². The van der Waals surface area contributed by atoms with Gasteiger partial charge in [-0.05, 0) is 24.3 Å². The van der Waals surface area contributed by atoms with Crippen LogP contribution in [0.3, 0.4) is 0 Å². The standard InChI is InChI=1S/C16H15F4NO3S/c1-21(10-11-24-14-8-4-3-7-13(14)17)25(22,23)15-9-5-2-6-12(15)16(18,19)20/h2-9H,10-11H2,1H3. The zero-order valence-electron chi connectivity index (χ0n) is 13.1. The van der Waals surface area contributed by atoms with Gasteiger partial charge in [0.15, 0.2) is 11.6 Å². The summed E-state index contributed by atoms with van der Waals surface area (Å²) in [5.41, 5.74) is -1.24. The summed E-state index contributed by atoms with van der Waals surface area (Å²) in [6.07, 6.45) is -4.80. The molecule has 0 bridgehead atoms. The average molecular weight is 377 g/mol. The SMILES string of the molecule is CN(CCOc1ccccc1F)S(=O)(=O)c1ccccc1C(F)(F)F. The molecule has 0 atom stereocenters. The second kappa shape index (κ2) is 7.40. The molecule has 0 amide bonds. The topological polar surface area (TPSA) is 46.6 Å². The lowest BCUT2D eigenvalue weighted by Crippen LogP contribution is -2.32. The van der Waals surface area contributed by atoms with Gasteiger partial charge in [-0.15, -0.1) is 0 Å². The van der Waals surface area contributed by atoms with Crippen LogP contribution in [0, 0.1) is 5.82 Å². The van der Waals surface area contributed by atoms with Crippen LogP contribution in [0.1, 0.15) is 5.56 Å². The lowest BCUT2D eigenvalue weighted by molar-refractivity contribution is -0.139. The fraction of sp³-hybridized carbons (Fsp3) is 0.250. The summed E-state index contributed by atoms with van der Waals surface area (Å²) in [4.78, 5) is -0.837. The maximum Gasteiger partial charge on any atom is 0.417 e. The fourth-order valence-corrected chi connectivity index (χ4v) is 3.42. The Hall–Kier alpha value is -2.13. The quantitative estimate of drug-likeness (QED) is 0.724. The van der Waals surface area contributed by atoms with Gasteiger partial charge in [-0.3, -0.25) is 0 Å². The van der Waals surface area contributed by atoms with Gasteiger partial charge in [-0.1, -0.05) is 24.3 Å². The molecule has 4 nitrogen and oxygen atoms in total. The van der Waals surface area contributed by atoms with E-state index in [0.29, 0.717) is 6.07 Å². The molecule has 9 heteroatoms. The highest BCUT2D eigenvalue weighted by Gasteiger charge is 2.38. The zero-order chi connectivity index (χ0) is 18.7. The van der Waals surface area contributed by atoms with Crippen molar-refractivity contribution in [3.8, 4) is 5.75 Å². The van der Waals surface area contributed by atoms with Crippen molar-refractivity contribution in [2.45, 2.75) is 11.1 Å². The normalized spacial score (nSPS) is 12.4. The van der Waals surface area contributed by atoms with E-state index in [2.05, 4.69) is 0 Å². The summed E-state index contributed by atoms with van der Waals surface area (Å²) in [7, 11) is -3.25. The number of ether oxygens (including phenoxy) is 1. The molecule has 0 fully saturated rings. The van der Waals surface area contributed by atoms with Crippen molar-refractivity contribution in [2.75, 3.05) is 20.2 Å². The van der Waals surface area contributed by atoms with Crippen molar-refractivity contribution in [3.63, 3.8) is 0 Å². The first-order valence-corrected chi connectivity index (χ1v) is 8.58. The zero-order valence-corrected chi connectivity index (χ0v) is 13.9. The van der Waals surface area contributed by atoms with E-state index in [1.807, 2.05) is 0 Å². The number of hydrogen-bond donors (Lipinski definition) is 0. The highest BCUT2D eigenvalue weighted by atomic mass is 32.2. The maximum atomic E-state index is 13.4. The third-order valence-electron chi connectivity index (χ3n) is 3.38. The van der Waals surface area contributed by atoms with Gasteiger partial charge in [-0.25, -0.2) is 12.8 Å². The van der Waals surface area contributed by atoms with Gasteiger partial charge in [0.2, 0.25) is 10.0 Å². The molecule has 0 aliphatic carbocycles. The molecule has 0 N–H and O–H groups in total. The first-order valence-electron chi connectivity index (χ1n) is 7.14. The van der Waals surface area contributed by atoms with E-state index in [1.54, 1.807) is 6.07 Å². The molecule has 25 heavy (non-hydrogen) atoms. The van der Waals surface area contributed by atoms with E-state index < -0.39 is 32.5 Å². The minimum absolute atomic E-state index is 0.0658. The lowest BCUT2D eigenvalue weighted by atomic mass is 10.2. The van der Waals surface area contributed by atoms with Crippen molar-refractivity contribution in [1.29, 1.82) is 0 Å². The molecule has 0 unspecified atom stereocenters. The summed E-state index contributed by atoms with van der Waals surface area (Å²) in [5, 5.41) is 0. The molecule has 2 aromatic rings. The molecule has 136 valence electrons. The second-order valence-corrected chi connectivity index (χ2v) is 7.11. The molecule has 0 saturated carbocycles. The van der Waals surface area contributed by atoms with Crippen molar-refractivity contribution >= 4 is 10.0 Å². The Morgan fingerprint density at radius 3 is 2.28 bits per heavy atom. The summed E-state index contributed by atoms with van der Waals surface area (Å²) >= 11 is 0. The molecular formula is C16H15F4NO3S. The van der Waals surface area contributed by atoms with Crippen molar-refractivity contribution in [2.24, 2.45) is 0 Å². The number of nitrogens with zero attached hydrogens (tertiary/aromatic N) is 1. The Bertz CT molecular complexity index is 837. The van der Waals surface area contributed by atoms with Gasteiger partial charge in [-0.2, -0.15) is 17.5 Å². The minimum Gasteiger partial charge on any atom is -0.489 e. The Labute approximate surface area is 142 Å². The summed E-state index contributed by atoms with van der Waals surface area (Å²) in [6, 6.07) is 9.47. The summed E-state index contributed by atoms with van der Waals surface area (Å²) in [6.45, 7) is -0.465. The van der Waals surface area contributed by atoms with Crippen LogP contribution >= 0.6 is 0 Å². The van der Waals surface area contributed by atoms with Gasteiger partial charge in [0, 0.05) is 13.6 Å². The number of benzene rings is 2. The molecule has 0 aliphatic rings. The van der Waals surface area contributed by atoms with Crippen LogP contribution in [0.15, 0.2) is 53.4 Å². The lowest BCUT2D eigenvalue weighted by Gasteiger charge is -2.20. The number of halogens is 4. The molecular weight excluding hydrogens is 362 g/mol. The van der Waals surface area contributed by atoms with Crippen molar-refractivity contribution in [1.82, 2.24) is 4.31 Å². The molecule has 2 aromatic carbocycles. The number of para-hydroxylation sites is 1. The Morgan fingerprint density at radius 1 is 1.04 bits per heavy atom. The summed E-state index contributed by atoms with van der Waals surface area (Å²) < 4.78 is 83.1. The molecule has 2 rings (SSSR count). The minimum atomic E-state index is -4.80. The van der Waals surface area contributed by atoms with Crippen LogP contribution in [0.25, 0.3) is 0 Å². The Morgan fingerprint density at radius 2 is 1.64 bits per heavy atom. The predicted molar refractivity (Wildman–Crippen MR) is 83.2 cm³/mol. The Balaban J connectivity index is 2.14. The van der Waals surface area contributed by atoms with Crippen LogP contribution in [0.2, 0.25) is 0 Å². The molecule has 0 aliphatic heterocycles. The molecule has 0 aromatic heterocycles. The maximum absolute atomic E-state index is 13.4. The van der Waals surface area contributed by atoms with E-state index >= 15 is 0 Å². The molecule has 0 heterocycles.